The Morgan fingerprint density at radius 2 is 2.33 bits per heavy atom. The lowest BCUT2D eigenvalue weighted by Crippen LogP contribution is -2.48. The van der Waals surface area contributed by atoms with Gasteiger partial charge in [-0.15, -0.1) is 0 Å². The molecular weight excluding hydrogens is 300 g/mol. The van der Waals surface area contributed by atoms with E-state index in [1.807, 2.05) is 0 Å². The van der Waals surface area contributed by atoms with Crippen molar-refractivity contribution in [3.63, 3.8) is 0 Å². The SMILES string of the molecule is CN1CC(NC(=O)c2cc([N+](=O)[O-])cnc2Cl)CCC1=O. The number of piperidine rings is 1. The molecule has 0 aromatic carbocycles. The Bertz CT molecular complexity index is 607. The average Bonchev–Trinajstić information content (AvgIpc) is 2.43. The third-order valence-electron chi connectivity index (χ3n) is 3.24. The van der Waals surface area contributed by atoms with Gasteiger partial charge in [0.15, 0.2) is 0 Å². The summed E-state index contributed by atoms with van der Waals surface area (Å²) in [5, 5.41) is 13.3. The van der Waals surface area contributed by atoms with E-state index in [0.717, 1.165) is 12.3 Å². The predicted octanol–water partition coefficient (Wildman–Crippen LogP) is 0.994. The third kappa shape index (κ3) is 3.46. The highest BCUT2D eigenvalue weighted by Crippen LogP contribution is 2.19. The van der Waals surface area contributed by atoms with Crippen molar-refractivity contribution in [2.75, 3.05) is 13.6 Å². The van der Waals surface area contributed by atoms with Gasteiger partial charge < -0.3 is 10.2 Å². The van der Waals surface area contributed by atoms with Crippen LogP contribution in [0.4, 0.5) is 5.69 Å². The zero-order valence-corrected chi connectivity index (χ0v) is 12.0. The van der Waals surface area contributed by atoms with E-state index in [2.05, 4.69) is 10.3 Å². The molecule has 1 N–H and O–H groups in total. The molecule has 8 nitrogen and oxygen atoms in total. The van der Waals surface area contributed by atoms with E-state index < -0.39 is 10.8 Å². The highest BCUT2D eigenvalue weighted by molar-refractivity contribution is 6.32. The Balaban J connectivity index is 2.11. The van der Waals surface area contributed by atoms with Crippen molar-refractivity contribution in [1.82, 2.24) is 15.2 Å². The molecule has 1 unspecified atom stereocenters. The predicted molar refractivity (Wildman–Crippen MR) is 74.0 cm³/mol. The van der Waals surface area contributed by atoms with Gasteiger partial charge in [-0.25, -0.2) is 4.98 Å². The molecule has 0 radical (unpaired) electrons. The van der Waals surface area contributed by atoms with E-state index in [0.29, 0.717) is 19.4 Å². The topological polar surface area (TPSA) is 105 Å². The maximum absolute atomic E-state index is 12.1. The molecule has 1 aliphatic rings. The van der Waals surface area contributed by atoms with E-state index >= 15 is 0 Å². The van der Waals surface area contributed by atoms with Crippen LogP contribution in [0.2, 0.25) is 5.15 Å². The highest BCUT2D eigenvalue weighted by Gasteiger charge is 2.26. The van der Waals surface area contributed by atoms with Gasteiger partial charge in [-0.2, -0.15) is 0 Å². The van der Waals surface area contributed by atoms with Gasteiger partial charge in [0, 0.05) is 32.1 Å². The van der Waals surface area contributed by atoms with Crippen molar-refractivity contribution in [2.24, 2.45) is 0 Å². The first-order chi connectivity index (χ1) is 9.88. The summed E-state index contributed by atoms with van der Waals surface area (Å²) < 4.78 is 0. The van der Waals surface area contributed by atoms with Crippen LogP contribution in [0, 0.1) is 10.1 Å². The molecule has 2 rings (SSSR count). The fraction of sp³-hybridized carbons (Fsp3) is 0.417. The monoisotopic (exact) mass is 312 g/mol. The minimum Gasteiger partial charge on any atom is -0.347 e. The van der Waals surface area contributed by atoms with Crippen LogP contribution >= 0.6 is 11.6 Å². The number of amides is 2. The van der Waals surface area contributed by atoms with Crippen molar-refractivity contribution in [1.29, 1.82) is 0 Å². The number of pyridine rings is 1. The second kappa shape index (κ2) is 6.04. The van der Waals surface area contributed by atoms with Gasteiger partial charge in [-0.05, 0) is 6.42 Å². The van der Waals surface area contributed by atoms with E-state index in [1.165, 1.54) is 4.90 Å². The van der Waals surface area contributed by atoms with E-state index in [-0.39, 0.29) is 28.4 Å². The summed E-state index contributed by atoms with van der Waals surface area (Å²) in [5.74, 6) is -0.514. The Morgan fingerprint density at radius 3 is 2.95 bits per heavy atom. The van der Waals surface area contributed by atoms with Crippen LogP contribution in [0.3, 0.4) is 0 Å². The Hall–Kier alpha value is -2.22. The van der Waals surface area contributed by atoms with Gasteiger partial charge in [-0.1, -0.05) is 11.6 Å². The zero-order chi connectivity index (χ0) is 15.6. The molecule has 1 aromatic heterocycles. The van der Waals surface area contributed by atoms with Crippen molar-refractivity contribution < 1.29 is 14.5 Å². The minimum atomic E-state index is -0.646. The summed E-state index contributed by atoms with van der Waals surface area (Å²) in [4.78, 5) is 38.7. The highest BCUT2D eigenvalue weighted by atomic mass is 35.5. The summed E-state index contributed by atoms with van der Waals surface area (Å²) in [5.41, 5.74) is -0.356. The molecule has 1 aliphatic heterocycles. The Kier molecular flexibility index (Phi) is 4.37. The standard InChI is InChI=1S/C12H13ClN4O4/c1-16-6-7(2-3-10(16)18)15-12(19)9-4-8(17(20)21)5-14-11(9)13/h4-5,7H,2-3,6H2,1H3,(H,15,19). The van der Waals surface area contributed by atoms with Crippen LogP contribution in [-0.2, 0) is 4.79 Å². The van der Waals surface area contributed by atoms with Crippen LogP contribution in [-0.4, -0.2) is 46.3 Å². The summed E-state index contributed by atoms with van der Waals surface area (Å²) in [6.45, 7) is 0.393. The molecule has 2 amide bonds. The van der Waals surface area contributed by atoms with Gasteiger partial charge in [0.25, 0.3) is 11.6 Å². The van der Waals surface area contributed by atoms with Crippen LogP contribution in [0.25, 0.3) is 0 Å². The van der Waals surface area contributed by atoms with E-state index in [4.69, 9.17) is 11.6 Å². The fourth-order valence-electron chi connectivity index (χ4n) is 2.09. The Morgan fingerprint density at radius 1 is 1.62 bits per heavy atom. The third-order valence-corrected chi connectivity index (χ3v) is 3.54. The molecule has 2 heterocycles. The lowest BCUT2D eigenvalue weighted by molar-refractivity contribution is -0.385. The number of carbonyl (C=O) groups excluding carboxylic acids is 2. The molecule has 0 spiro atoms. The molecule has 1 fully saturated rings. The van der Waals surface area contributed by atoms with Gasteiger partial charge in [0.1, 0.15) is 11.3 Å². The first-order valence-electron chi connectivity index (χ1n) is 6.23. The second-order valence-electron chi connectivity index (χ2n) is 4.77. The number of nitrogens with one attached hydrogen (secondary N) is 1. The van der Waals surface area contributed by atoms with Gasteiger partial charge in [0.05, 0.1) is 10.5 Å². The van der Waals surface area contributed by atoms with Crippen LogP contribution < -0.4 is 5.32 Å². The molecule has 0 saturated carbocycles. The zero-order valence-electron chi connectivity index (χ0n) is 11.2. The van der Waals surface area contributed by atoms with Crippen molar-refractivity contribution in [3.8, 4) is 0 Å². The van der Waals surface area contributed by atoms with E-state index in [1.54, 1.807) is 7.05 Å². The smallest absolute Gasteiger partial charge is 0.288 e. The largest absolute Gasteiger partial charge is 0.347 e. The lowest BCUT2D eigenvalue weighted by Gasteiger charge is -2.30. The normalized spacial score (nSPS) is 18.5. The van der Waals surface area contributed by atoms with Gasteiger partial charge >= 0.3 is 0 Å². The molecule has 0 bridgehead atoms. The van der Waals surface area contributed by atoms with Gasteiger partial charge in [-0.3, -0.25) is 19.7 Å². The minimum absolute atomic E-state index is 0.0237. The van der Waals surface area contributed by atoms with Crippen molar-refractivity contribution >= 4 is 29.1 Å². The number of hydrogen-bond donors (Lipinski definition) is 1. The van der Waals surface area contributed by atoms with Crippen molar-refractivity contribution in [3.05, 3.63) is 33.1 Å². The Labute approximate surface area is 125 Å². The van der Waals surface area contributed by atoms with Gasteiger partial charge in [0.2, 0.25) is 5.91 Å². The summed E-state index contributed by atoms with van der Waals surface area (Å²) in [6.07, 6.45) is 1.86. The molecular formula is C12H13ClN4O4. The molecule has 112 valence electrons. The summed E-state index contributed by atoms with van der Waals surface area (Å²) in [7, 11) is 1.66. The second-order valence-corrected chi connectivity index (χ2v) is 5.13. The van der Waals surface area contributed by atoms with Crippen molar-refractivity contribution in [2.45, 2.75) is 18.9 Å². The van der Waals surface area contributed by atoms with E-state index in [9.17, 15) is 19.7 Å². The maximum atomic E-state index is 12.1. The number of likely N-dealkylation sites (N-methyl/N-ethyl adjacent to an activating group) is 1. The van der Waals surface area contributed by atoms with Crippen LogP contribution in [0.1, 0.15) is 23.2 Å². The molecule has 1 aromatic rings. The van der Waals surface area contributed by atoms with Crippen LogP contribution in [0.15, 0.2) is 12.3 Å². The molecule has 1 saturated heterocycles. The van der Waals surface area contributed by atoms with Crippen LogP contribution in [0.5, 0.6) is 0 Å². The number of aromatic nitrogens is 1. The number of nitro groups is 1. The number of likely N-dealkylation sites (tertiary alicyclic amines) is 1. The number of nitrogens with zero attached hydrogens (tertiary/aromatic N) is 3. The quantitative estimate of drug-likeness (QED) is 0.509. The lowest BCUT2D eigenvalue weighted by atomic mass is 10.1. The number of hydrogen-bond acceptors (Lipinski definition) is 5. The molecule has 9 heteroatoms. The average molecular weight is 313 g/mol. The first-order valence-corrected chi connectivity index (χ1v) is 6.61. The molecule has 21 heavy (non-hydrogen) atoms. The first kappa shape index (κ1) is 15.2. The molecule has 1 atom stereocenters. The summed E-state index contributed by atoms with van der Waals surface area (Å²) >= 11 is 5.81. The maximum Gasteiger partial charge on any atom is 0.288 e. The number of halogens is 1. The number of rotatable bonds is 3. The fourth-order valence-corrected chi connectivity index (χ4v) is 2.28. The number of carbonyl (C=O) groups is 2. The summed E-state index contributed by atoms with van der Waals surface area (Å²) in [6, 6.07) is 0.873. The molecule has 0 aliphatic carbocycles.